The summed E-state index contributed by atoms with van der Waals surface area (Å²) in [7, 11) is 0. The molecule has 1 amide bonds. The lowest BCUT2D eigenvalue weighted by atomic mass is 9.91. The van der Waals surface area contributed by atoms with Crippen molar-refractivity contribution in [2.75, 3.05) is 5.32 Å². The normalized spacial score (nSPS) is 19.6. The van der Waals surface area contributed by atoms with Gasteiger partial charge in [0, 0.05) is 23.7 Å². The number of fused-ring (bicyclic) bond motifs is 1. The van der Waals surface area contributed by atoms with E-state index in [9.17, 15) is 4.79 Å². The number of benzene rings is 1. The van der Waals surface area contributed by atoms with Crippen LogP contribution >= 0.6 is 0 Å². The monoisotopic (exact) mass is 360 g/mol. The number of carbonyl (C=O) groups is 1. The van der Waals surface area contributed by atoms with E-state index < -0.39 is 0 Å². The summed E-state index contributed by atoms with van der Waals surface area (Å²) in [5.74, 6) is 0.853. The number of carbonyl (C=O) groups excluding carboxylic acids is 1. The number of hydrogen-bond acceptors (Lipinski definition) is 4. The molecule has 0 radical (unpaired) electrons. The van der Waals surface area contributed by atoms with Crippen molar-refractivity contribution in [2.45, 2.75) is 44.7 Å². The molecule has 1 fully saturated rings. The highest BCUT2D eigenvalue weighted by Gasteiger charge is 2.23. The maximum Gasteiger partial charge on any atom is 0.270 e. The summed E-state index contributed by atoms with van der Waals surface area (Å²) >= 11 is 0. The van der Waals surface area contributed by atoms with Gasteiger partial charge in [-0.05, 0) is 62.4 Å². The minimum atomic E-state index is -0.0844. The highest BCUT2D eigenvalue weighted by Crippen LogP contribution is 2.25. The largest absolute Gasteiger partial charge is 0.367 e. The van der Waals surface area contributed by atoms with Crippen molar-refractivity contribution in [3.05, 3.63) is 66.0 Å². The third-order valence-electron chi connectivity index (χ3n) is 5.23. The Morgan fingerprint density at radius 1 is 1.00 bits per heavy atom. The Bertz CT molecular complexity index is 933. The van der Waals surface area contributed by atoms with Crippen molar-refractivity contribution in [3.63, 3.8) is 0 Å². The van der Waals surface area contributed by atoms with Crippen LogP contribution in [0.25, 0.3) is 10.9 Å². The molecule has 138 valence electrons. The SMILES string of the molecule is Cc1cc(NC2CCC(NC(=O)c3ccccn3)CC2)nc2ccccc12. The minimum Gasteiger partial charge on any atom is -0.367 e. The zero-order valence-electron chi connectivity index (χ0n) is 15.5. The second kappa shape index (κ2) is 7.74. The molecular formula is C22H24N4O. The molecule has 2 aromatic heterocycles. The van der Waals surface area contributed by atoms with E-state index in [1.165, 1.54) is 10.9 Å². The van der Waals surface area contributed by atoms with Crippen molar-refractivity contribution < 1.29 is 4.79 Å². The van der Waals surface area contributed by atoms with Crippen LogP contribution in [0.4, 0.5) is 5.82 Å². The Labute approximate surface area is 159 Å². The van der Waals surface area contributed by atoms with Gasteiger partial charge in [0.05, 0.1) is 5.52 Å². The van der Waals surface area contributed by atoms with Gasteiger partial charge in [0.1, 0.15) is 11.5 Å². The van der Waals surface area contributed by atoms with Gasteiger partial charge in [-0.25, -0.2) is 4.98 Å². The van der Waals surface area contributed by atoms with Gasteiger partial charge in [-0.15, -0.1) is 0 Å². The summed E-state index contributed by atoms with van der Waals surface area (Å²) < 4.78 is 0. The zero-order valence-corrected chi connectivity index (χ0v) is 15.5. The highest BCUT2D eigenvalue weighted by molar-refractivity contribution is 5.92. The van der Waals surface area contributed by atoms with E-state index in [2.05, 4.69) is 40.7 Å². The maximum atomic E-state index is 12.2. The van der Waals surface area contributed by atoms with Crippen LogP contribution in [0.1, 0.15) is 41.7 Å². The Morgan fingerprint density at radius 2 is 1.74 bits per heavy atom. The third kappa shape index (κ3) is 4.08. The van der Waals surface area contributed by atoms with Gasteiger partial charge in [0.25, 0.3) is 5.91 Å². The number of nitrogens with one attached hydrogen (secondary N) is 2. The lowest BCUT2D eigenvalue weighted by Gasteiger charge is -2.30. The molecule has 1 aromatic carbocycles. The van der Waals surface area contributed by atoms with Crippen LogP contribution in [-0.4, -0.2) is 28.0 Å². The molecule has 0 spiro atoms. The van der Waals surface area contributed by atoms with Crippen LogP contribution in [0.15, 0.2) is 54.7 Å². The molecule has 2 N–H and O–H groups in total. The number of anilines is 1. The highest BCUT2D eigenvalue weighted by atomic mass is 16.1. The summed E-state index contributed by atoms with van der Waals surface area (Å²) in [5, 5.41) is 7.89. The van der Waals surface area contributed by atoms with E-state index in [0.717, 1.165) is 37.0 Å². The summed E-state index contributed by atoms with van der Waals surface area (Å²) in [6.07, 6.45) is 5.60. The first-order valence-corrected chi connectivity index (χ1v) is 9.54. The number of amides is 1. The molecule has 0 atom stereocenters. The molecule has 1 saturated carbocycles. The summed E-state index contributed by atoms with van der Waals surface area (Å²) in [6, 6.07) is 16.3. The van der Waals surface area contributed by atoms with Crippen molar-refractivity contribution >= 4 is 22.6 Å². The van der Waals surface area contributed by atoms with E-state index in [0.29, 0.717) is 11.7 Å². The van der Waals surface area contributed by atoms with Gasteiger partial charge < -0.3 is 10.6 Å². The van der Waals surface area contributed by atoms with Crippen LogP contribution in [0, 0.1) is 6.92 Å². The smallest absolute Gasteiger partial charge is 0.270 e. The Morgan fingerprint density at radius 3 is 2.52 bits per heavy atom. The average Bonchev–Trinajstić information content (AvgIpc) is 2.70. The lowest BCUT2D eigenvalue weighted by Crippen LogP contribution is -2.40. The topological polar surface area (TPSA) is 66.9 Å². The molecule has 27 heavy (non-hydrogen) atoms. The number of para-hydroxylation sites is 1. The predicted molar refractivity (Wildman–Crippen MR) is 108 cm³/mol. The minimum absolute atomic E-state index is 0.0844. The van der Waals surface area contributed by atoms with Gasteiger partial charge in [0.2, 0.25) is 0 Å². The van der Waals surface area contributed by atoms with Gasteiger partial charge in [-0.1, -0.05) is 24.3 Å². The summed E-state index contributed by atoms with van der Waals surface area (Å²) in [5.41, 5.74) is 2.74. The first kappa shape index (κ1) is 17.5. The molecule has 5 heteroatoms. The van der Waals surface area contributed by atoms with Crippen LogP contribution in [0.5, 0.6) is 0 Å². The van der Waals surface area contributed by atoms with Gasteiger partial charge in [0.15, 0.2) is 0 Å². The lowest BCUT2D eigenvalue weighted by molar-refractivity contribution is 0.0921. The third-order valence-corrected chi connectivity index (χ3v) is 5.23. The van der Waals surface area contributed by atoms with Crippen molar-refractivity contribution in [2.24, 2.45) is 0 Å². The molecule has 1 aliphatic carbocycles. The summed E-state index contributed by atoms with van der Waals surface area (Å²) in [4.78, 5) is 21.1. The van der Waals surface area contributed by atoms with E-state index in [4.69, 9.17) is 4.98 Å². The Hall–Kier alpha value is -2.95. The number of nitrogens with zero attached hydrogens (tertiary/aromatic N) is 2. The fourth-order valence-electron chi connectivity index (χ4n) is 3.77. The number of pyridine rings is 2. The Kier molecular flexibility index (Phi) is 5.01. The van der Waals surface area contributed by atoms with Crippen LogP contribution in [0.2, 0.25) is 0 Å². The van der Waals surface area contributed by atoms with E-state index in [1.54, 1.807) is 12.3 Å². The molecule has 0 bridgehead atoms. The van der Waals surface area contributed by atoms with Crippen molar-refractivity contribution in [1.29, 1.82) is 0 Å². The van der Waals surface area contributed by atoms with Crippen molar-refractivity contribution in [3.8, 4) is 0 Å². The molecule has 5 nitrogen and oxygen atoms in total. The fourth-order valence-corrected chi connectivity index (χ4v) is 3.77. The quantitative estimate of drug-likeness (QED) is 0.735. The average molecular weight is 360 g/mol. The second-order valence-electron chi connectivity index (χ2n) is 7.22. The predicted octanol–water partition coefficient (Wildman–Crippen LogP) is 4.09. The first-order chi connectivity index (χ1) is 13.2. The van der Waals surface area contributed by atoms with E-state index in [-0.39, 0.29) is 11.9 Å². The summed E-state index contributed by atoms with van der Waals surface area (Å²) in [6.45, 7) is 2.12. The second-order valence-corrected chi connectivity index (χ2v) is 7.22. The van der Waals surface area contributed by atoms with Crippen LogP contribution < -0.4 is 10.6 Å². The standard InChI is InChI=1S/C22H24N4O/c1-15-14-21(26-19-7-3-2-6-18(15)19)24-16-9-11-17(12-10-16)25-22(27)20-8-4-5-13-23-20/h2-8,13-14,16-17H,9-12H2,1H3,(H,24,26)(H,25,27). The first-order valence-electron chi connectivity index (χ1n) is 9.54. The van der Waals surface area contributed by atoms with Gasteiger partial charge in [-0.2, -0.15) is 0 Å². The molecule has 3 aromatic rings. The molecule has 2 heterocycles. The molecule has 4 rings (SSSR count). The van der Waals surface area contributed by atoms with Gasteiger partial charge >= 0.3 is 0 Å². The molecule has 0 aliphatic heterocycles. The van der Waals surface area contributed by atoms with Crippen LogP contribution in [-0.2, 0) is 0 Å². The maximum absolute atomic E-state index is 12.2. The molecule has 0 saturated heterocycles. The number of aromatic nitrogens is 2. The number of rotatable bonds is 4. The number of aryl methyl sites for hydroxylation is 1. The Balaban J connectivity index is 1.34. The molecular weight excluding hydrogens is 336 g/mol. The van der Waals surface area contributed by atoms with Crippen LogP contribution in [0.3, 0.4) is 0 Å². The number of hydrogen-bond donors (Lipinski definition) is 2. The van der Waals surface area contributed by atoms with E-state index >= 15 is 0 Å². The molecule has 0 unspecified atom stereocenters. The molecule has 1 aliphatic rings. The van der Waals surface area contributed by atoms with Gasteiger partial charge in [-0.3, -0.25) is 9.78 Å². The van der Waals surface area contributed by atoms with Crippen molar-refractivity contribution in [1.82, 2.24) is 15.3 Å². The zero-order chi connectivity index (χ0) is 18.6. The fraction of sp³-hybridized carbons (Fsp3) is 0.318. The van der Waals surface area contributed by atoms with E-state index in [1.807, 2.05) is 24.3 Å².